The highest BCUT2D eigenvalue weighted by Crippen LogP contribution is 2.24. The van der Waals surface area contributed by atoms with E-state index in [2.05, 4.69) is 42.4 Å². The van der Waals surface area contributed by atoms with E-state index in [-0.39, 0.29) is 0 Å². The highest BCUT2D eigenvalue weighted by atomic mass is 19.4. The lowest BCUT2D eigenvalue weighted by Gasteiger charge is -2.28. The number of aliphatic carboxylic acids is 1. The minimum absolute atomic E-state index is 0.534. The molecule has 4 heterocycles. The topological polar surface area (TPSA) is 131 Å². The Hall–Kier alpha value is -4.59. The Morgan fingerprint density at radius 1 is 1.11 bits per heavy atom. The van der Waals surface area contributed by atoms with Gasteiger partial charge < -0.3 is 20.1 Å². The molecule has 5 rings (SSSR count). The molecule has 2 N–H and O–H groups in total. The van der Waals surface area contributed by atoms with Crippen molar-refractivity contribution in [1.29, 1.82) is 0 Å². The highest BCUT2D eigenvalue weighted by Gasteiger charge is 2.38. The number of alkyl halides is 3. The average molecular weight is 528 g/mol. The number of carbonyl (C=O) groups is 1. The number of hydrogen-bond acceptors (Lipinski definition) is 9. The maximum absolute atomic E-state index is 10.6. The lowest BCUT2D eigenvalue weighted by molar-refractivity contribution is -0.192. The molecule has 0 spiro atoms. The monoisotopic (exact) mass is 528 g/mol. The van der Waals surface area contributed by atoms with E-state index < -0.39 is 12.1 Å². The zero-order chi connectivity index (χ0) is 27.0. The van der Waals surface area contributed by atoms with Crippen LogP contribution in [0.3, 0.4) is 0 Å². The summed E-state index contributed by atoms with van der Waals surface area (Å²) in [6.45, 7) is 3.86. The third kappa shape index (κ3) is 7.46. The number of carboxylic acids is 1. The second-order valence-electron chi connectivity index (χ2n) is 8.02. The first kappa shape index (κ1) is 26.5. The number of pyridine rings is 1. The largest absolute Gasteiger partial charge is 0.490 e. The molecule has 0 unspecified atom stereocenters. The fourth-order valence-corrected chi connectivity index (χ4v) is 3.52. The van der Waals surface area contributed by atoms with Gasteiger partial charge in [0.05, 0.1) is 37.3 Å². The zero-order valence-corrected chi connectivity index (χ0v) is 19.9. The van der Waals surface area contributed by atoms with Crippen LogP contribution in [0.15, 0.2) is 67.6 Å². The minimum atomic E-state index is -5.08. The number of carboxylic acid groups (broad SMARTS) is 1. The van der Waals surface area contributed by atoms with E-state index in [1.54, 1.807) is 17.2 Å². The molecule has 1 aliphatic rings. The summed E-state index contributed by atoms with van der Waals surface area (Å²) in [5, 5.41) is 14.6. The van der Waals surface area contributed by atoms with Gasteiger partial charge in [-0.25, -0.2) is 24.4 Å². The van der Waals surface area contributed by atoms with Crippen molar-refractivity contribution in [1.82, 2.24) is 29.7 Å². The summed E-state index contributed by atoms with van der Waals surface area (Å²) in [7, 11) is 0. The quantitative estimate of drug-likeness (QED) is 0.384. The molecule has 14 heteroatoms. The molecule has 11 nitrogen and oxygen atoms in total. The Bertz CT molecular complexity index is 1350. The van der Waals surface area contributed by atoms with Crippen molar-refractivity contribution in [3.8, 4) is 11.3 Å². The molecule has 198 valence electrons. The first-order chi connectivity index (χ1) is 18.3. The lowest BCUT2D eigenvalue weighted by Crippen LogP contribution is -2.36. The van der Waals surface area contributed by atoms with Gasteiger partial charge in [0.15, 0.2) is 0 Å². The molecule has 1 saturated heterocycles. The van der Waals surface area contributed by atoms with Crippen molar-refractivity contribution in [2.24, 2.45) is 0 Å². The SMILES string of the molecule is O=C(O)C(F)(F)F.c1cc(Cn2cncn2)cc(Nc2nccc(-c3cncc(N4CCOCC4)c3)n2)c1. The minimum Gasteiger partial charge on any atom is -0.475 e. The van der Waals surface area contributed by atoms with Crippen LogP contribution in [0.2, 0.25) is 0 Å². The number of morpholine rings is 1. The van der Waals surface area contributed by atoms with Crippen molar-refractivity contribution < 1.29 is 27.8 Å². The van der Waals surface area contributed by atoms with E-state index in [9.17, 15) is 13.2 Å². The summed E-state index contributed by atoms with van der Waals surface area (Å²) in [6, 6.07) is 12.1. The molecule has 4 aromatic rings. The van der Waals surface area contributed by atoms with Gasteiger partial charge in [0, 0.05) is 36.7 Å². The third-order valence-electron chi connectivity index (χ3n) is 5.29. The van der Waals surface area contributed by atoms with Gasteiger partial charge in [-0.15, -0.1) is 0 Å². The normalized spacial score (nSPS) is 13.4. The molecule has 38 heavy (non-hydrogen) atoms. The molecule has 0 saturated carbocycles. The van der Waals surface area contributed by atoms with Crippen LogP contribution in [0.25, 0.3) is 11.3 Å². The van der Waals surface area contributed by atoms with Crippen LogP contribution >= 0.6 is 0 Å². The number of anilines is 3. The van der Waals surface area contributed by atoms with E-state index in [1.807, 2.05) is 36.7 Å². The smallest absolute Gasteiger partial charge is 0.475 e. The van der Waals surface area contributed by atoms with Crippen molar-refractivity contribution in [2.45, 2.75) is 12.7 Å². The molecular formula is C24H23F3N8O3. The highest BCUT2D eigenvalue weighted by molar-refractivity contribution is 5.73. The van der Waals surface area contributed by atoms with Crippen LogP contribution in [0.4, 0.5) is 30.5 Å². The summed E-state index contributed by atoms with van der Waals surface area (Å²) in [4.78, 5) is 28.7. The molecular weight excluding hydrogens is 505 g/mol. The van der Waals surface area contributed by atoms with Gasteiger partial charge >= 0.3 is 12.1 Å². The molecule has 3 aromatic heterocycles. The molecule has 1 aliphatic heterocycles. The van der Waals surface area contributed by atoms with Gasteiger partial charge in [-0.3, -0.25) is 4.98 Å². The van der Waals surface area contributed by atoms with Crippen LogP contribution < -0.4 is 10.2 Å². The summed E-state index contributed by atoms with van der Waals surface area (Å²) >= 11 is 0. The summed E-state index contributed by atoms with van der Waals surface area (Å²) in [5.41, 5.74) is 4.87. The summed E-state index contributed by atoms with van der Waals surface area (Å²) < 4.78 is 39.0. The van der Waals surface area contributed by atoms with Crippen LogP contribution in [-0.2, 0) is 16.1 Å². The maximum atomic E-state index is 10.6. The van der Waals surface area contributed by atoms with Crippen molar-refractivity contribution in [2.75, 3.05) is 36.5 Å². The number of nitrogens with one attached hydrogen (secondary N) is 1. The number of halogens is 3. The molecule has 1 aromatic carbocycles. The molecule has 1 fully saturated rings. The number of aromatic nitrogens is 6. The van der Waals surface area contributed by atoms with E-state index in [1.165, 1.54) is 6.33 Å². The van der Waals surface area contributed by atoms with Crippen LogP contribution in [0.1, 0.15) is 5.56 Å². The number of hydrogen-bond donors (Lipinski definition) is 2. The number of rotatable bonds is 6. The number of benzene rings is 1. The lowest BCUT2D eigenvalue weighted by atomic mass is 10.2. The molecule has 0 aliphatic carbocycles. The van der Waals surface area contributed by atoms with E-state index in [0.29, 0.717) is 12.5 Å². The van der Waals surface area contributed by atoms with Gasteiger partial charge in [0.1, 0.15) is 12.7 Å². The Kier molecular flexibility index (Phi) is 8.43. The predicted octanol–water partition coefficient (Wildman–Crippen LogP) is 3.39. The van der Waals surface area contributed by atoms with Gasteiger partial charge in [0.2, 0.25) is 5.95 Å². The van der Waals surface area contributed by atoms with Crippen molar-refractivity contribution in [3.63, 3.8) is 0 Å². The van der Waals surface area contributed by atoms with Gasteiger partial charge in [-0.05, 0) is 29.8 Å². The summed E-state index contributed by atoms with van der Waals surface area (Å²) in [5.74, 6) is -2.22. The molecule has 0 radical (unpaired) electrons. The first-order valence-corrected chi connectivity index (χ1v) is 11.4. The van der Waals surface area contributed by atoms with E-state index in [0.717, 1.165) is 54.5 Å². The van der Waals surface area contributed by atoms with Crippen LogP contribution in [0.5, 0.6) is 0 Å². The maximum Gasteiger partial charge on any atom is 0.490 e. The fourth-order valence-electron chi connectivity index (χ4n) is 3.52. The Labute approximate surface area is 215 Å². The second kappa shape index (κ2) is 12.1. The molecule has 0 bridgehead atoms. The Balaban J connectivity index is 0.000000426. The van der Waals surface area contributed by atoms with Crippen molar-refractivity contribution in [3.05, 3.63) is 73.2 Å². The second-order valence-corrected chi connectivity index (χ2v) is 8.02. The van der Waals surface area contributed by atoms with Crippen LogP contribution in [-0.4, -0.2) is 73.3 Å². The molecule has 0 atom stereocenters. The standard InChI is InChI=1S/C22H22N8O.C2HF3O2/c1-2-17(14-30-16-24-15-26-30)10-19(3-1)27-22-25-5-4-21(28-22)18-11-20(13-23-12-18)29-6-8-31-9-7-29;3-2(4,5)1(6)7/h1-5,10-13,15-16H,6-9,14H2,(H,25,27,28);(H,6,7). The van der Waals surface area contributed by atoms with Gasteiger partial charge in [-0.2, -0.15) is 18.3 Å². The number of ether oxygens (including phenoxy) is 1. The average Bonchev–Trinajstić information content (AvgIpc) is 3.43. The predicted molar refractivity (Wildman–Crippen MR) is 131 cm³/mol. The zero-order valence-electron chi connectivity index (χ0n) is 19.9. The van der Waals surface area contributed by atoms with Crippen LogP contribution in [0, 0.1) is 0 Å². The fraction of sp³-hybridized carbons (Fsp3) is 0.250. The molecule has 0 amide bonds. The number of nitrogens with zero attached hydrogens (tertiary/aromatic N) is 7. The van der Waals surface area contributed by atoms with Gasteiger partial charge in [0.25, 0.3) is 0 Å². The van der Waals surface area contributed by atoms with Gasteiger partial charge in [-0.1, -0.05) is 12.1 Å². The Morgan fingerprint density at radius 3 is 2.61 bits per heavy atom. The summed E-state index contributed by atoms with van der Waals surface area (Å²) in [6.07, 6.45) is 3.62. The van der Waals surface area contributed by atoms with E-state index in [4.69, 9.17) is 19.6 Å². The third-order valence-corrected chi connectivity index (χ3v) is 5.29. The first-order valence-electron chi connectivity index (χ1n) is 11.4. The van der Waals surface area contributed by atoms with Crippen molar-refractivity contribution >= 4 is 23.3 Å². The van der Waals surface area contributed by atoms with E-state index >= 15 is 0 Å². The Morgan fingerprint density at radius 2 is 1.89 bits per heavy atom.